The number of hydrogen-bond acceptors (Lipinski definition) is 4. The second-order valence-corrected chi connectivity index (χ2v) is 4.48. The van der Waals surface area contributed by atoms with Crippen LogP contribution in [0.1, 0.15) is 37.8 Å². The summed E-state index contributed by atoms with van der Waals surface area (Å²) in [6, 6.07) is 5.77. The van der Waals surface area contributed by atoms with E-state index in [1.165, 1.54) is 6.07 Å². The van der Waals surface area contributed by atoms with Gasteiger partial charge >= 0.3 is 6.09 Å². The smallest absolute Gasteiger partial charge is 0.407 e. The molecule has 0 bridgehead atoms. The molecule has 1 aromatic rings. The van der Waals surface area contributed by atoms with Crippen LogP contribution in [0.2, 0.25) is 0 Å². The number of nitro benzene ring substituents is 1. The van der Waals surface area contributed by atoms with Gasteiger partial charge in [-0.05, 0) is 19.8 Å². The molecule has 0 spiro atoms. The van der Waals surface area contributed by atoms with Gasteiger partial charge < -0.3 is 10.1 Å². The summed E-state index contributed by atoms with van der Waals surface area (Å²) in [7, 11) is 0. The Bertz CT molecular complexity index is 537. The number of unbranched alkanes of at least 4 members (excludes halogenated alkanes) is 2. The average molecular weight is 290 g/mol. The first-order chi connectivity index (χ1) is 10.1. The summed E-state index contributed by atoms with van der Waals surface area (Å²) in [5, 5.41) is 13.5. The average Bonchev–Trinajstić information content (AvgIpc) is 2.47. The normalized spacial score (nSPS) is 11.2. The van der Waals surface area contributed by atoms with Gasteiger partial charge in [-0.3, -0.25) is 10.1 Å². The van der Waals surface area contributed by atoms with Gasteiger partial charge in [0.05, 0.1) is 23.1 Å². The zero-order valence-corrected chi connectivity index (χ0v) is 11.9. The fraction of sp³-hybridized carbons (Fsp3) is 0.400. The number of nitro groups is 1. The van der Waals surface area contributed by atoms with Crippen LogP contribution in [0.25, 0.3) is 0 Å². The van der Waals surface area contributed by atoms with Gasteiger partial charge in [0.15, 0.2) is 0 Å². The Labute approximate surface area is 123 Å². The largest absolute Gasteiger partial charge is 0.450 e. The third kappa shape index (κ3) is 5.53. The number of ether oxygens (including phenoxy) is 1. The molecule has 1 rings (SSSR count). The van der Waals surface area contributed by atoms with Crippen molar-refractivity contribution in [2.45, 2.75) is 32.2 Å². The zero-order chi connectivity index (χ0) is 15.7. The maximum Gasteiger partial charge on any atom is 0.407 e. The van der Waals surface area contributed by atoms with Gasteiger partial charge in [-0.1, -0.05) is 18.2 Å². The number of carbonyl (C=O) groups excluding carboxylic acids is 1. The molecule has 1 amide bonds. The molecule has 0 radical (unpaired) electrons. The first kappa shape index (κ1) is 16.5. The third-order valence-electron chi connectivity index (χ3n) is 2.88. The minimum atomic E-state index is -0.596. The maximum absolute atomic E-state index is 11.6. The van der Waals surface area contributed by atoms with Gasteiger partial charge in [-0.15, -0.1) is 12.3 Å². The van der Waals surface area contributed by atoms with E-state index in [9.17, 15) is 14.9 Å². The third-order valence-corrected chi connectivity index (χ3v) is 2.88. The first-order valence-corrected chi connectivity index (χ1v) is 6.66. The molecule has 0 saturated heterocycles. The number of hydrogen-bond donors (Lipinski definition) is 1. The Balaban J connectivity index is 2.50. The van der Waals surface area contributed by atoms with Crippen LogP contribution in [-0.4, -0.2) is 17.6 Å². The van der Waals surface area contributed by atoms with E-state index in [2.05, 4.69) is 11.2 Å². The monoisotopic (exact) mass is 290 g/mol. The van der Waals surface area contributed by atoms with Crippen molar-refractivity contribution in [3.8, 4) is 12.3 Å². The summed E-state index contributed by atoms with van der Waals surface area (Å²) >= 11 is 0. The fourth-order valence-corrected chi connectivity index (χ4v) is 1.81. The number of rotatable bonds is 7. The summed E-state index contributed by atoms with van der Waals surface area (Å²) in [6.45, 7) is 1.94. The van der Waals surface area contributed by atoms with E-state index < -0.39 is 17.1 Å². The van der Waals surface area contributed by atoms with Crippen molar-refractivity contribution in [1.82, 2.24) is 5.32 Å². The van der Waals surface area contributed by atoms with Crippen molar-refractivity contribution in [2.75, 3.05) is 6.61 Å². The van der Waals surface area contributed by atoms with Crippen molar-refractivity contribution in [2.24, 2.45) is 0 Å². The molecule has 112 valence electrons. The van der Waals surface area contributed by atoms with E-state index in [4.69, 9.17) is 11.2 Å². The second-order valence-electron chi connectivity index (χ2n) is 4.48. The van der Waals surface area contributed by atoms with Crippen LogP contribution in [-0.2, 0) is 4.74 Å². The van der Waals surface area contributed by atoms with Crippen LogP contribution < -0.4 is 5.32 Å². The number of nitrogens with zero attached hydrogens (tertiary/aromatic N) is 1. The fourth-order valence-electron chi connectivity index (χ4n) is 1.81. The molecule has 1 unspecified atom stereocenters. The number of terminal acetylenes is 1. The Kier molecular flexibility index (Phi) is 6.75. The van der Waals surface area contributed by atoms with Crippen molar-refractivity contribution in [3.05, 3.63) is 39.9 Å². The zero-order valence-electron chi connectivity index (χ0n) is 11.9. The second kappa shape index (κ2) is 8.59. The molecule has 0 aliphatic carbocycles. The highest BCUT2D eigenvalue weighted by atomic mass is 16.6. The van der Waals surface area contributed by atoms with Crippen LogP contribution in [0, 0.1) is 22.5 Å². The molecule has 0 aromatic heterocycles. The number of benzene rings is 1. The minimum Gasteiger partial charge on any atom is -0.450 e. The lowest BCUT2D eigenvalue weighted by atomic mass is 10.1. The van der Waals surface area contributed by atoms with Crippen LogP contribution in [0.4, 0.5) is 10.5 Å². The SMILES string of the molecule is C#CCCCCOC(=O)NC(C)c1ccccc1[N+](=O)[O-]. The molecule has 0 aliphatic rings. The van der Waals surface area contributed by atoms with Crippen molar-refractivity contribution in [1.29, 1.82) is 0 Å². The summed E-state index contributed by atoms with van der Waals surface area (Å²) in [5.41, 5.74) is 0.408. The lowest BCUT2D eigenvalue weighted by Gasteiger charge is -2.14. The first-order valence-electron chi connectivity index (χ1n) is 6.66. The molecular weight excluding hydrogens is 272 g/mol. The Morgan fingerprint density at radius 1 is 1.48 bits per heavy atom. The molecule has 0 aliphatic heterocycles. The molecule has 1 N–H and O–H groups in total. The molecule has 0 fully saturated rings. The standard InChI is InChI=1S/C15H18N2O4/c1-3-4-5-8-11-21-15(18)16-12(2)13-9-6-7-10-14(13)17(19)20/h1,6-7,9-10,12H,4-5,8,11H2,2H3,(H,16,18). The molecule has 21 heavy (non-hydrogen) atoms. The van der Waals surface area contributed by atoms with Crippen LogP contribution >= 0.6 is 0 Å². The van der Waals surface area contributed by atoms with E-state index >= 15 is 0 Å². The number of amides is 1. The van der Waals surface area contributed by atoms with Crippen molar-refractivity contribution in [3.63, 3.8) is 0 Å². The summed E-state index contributed by atoms with van der Waals surface area (Å²) in [4.78, 5) is 22.1. The number of alkyl carbamates (subject to hydrolysis) is 1. The van der Waals surface area contributed by atoms with E-state index in [-0.39, 0.29) is 12.3 Å². The van der Waals surface area contributed by atoms with Crippen LogP contribution in [0.15, 0.2) is 24.3 Å². The molecular formula is C15H18N2O4. The van der Waals surface area contributed by atoms with Gasteiger partial charge in [0.25, 0.3) is 5.69 Å². The molecule has 0 heterocycles. The lowest BCUT2D eigenvalue weighted by Crippen LogP contribution is -2.28. The van der Waals surface area contributed by atoms with Gasteiger partial charge in [0.2, 0.25) is 0 Å². The van der Waals surface area contributed by atoms with Crippen molar-refractivity contribution < 1.29 is 14.5 Å². The maximum atomic E-state index is 11.6. The highest BCUT2D eigenvalue weighted by Crippen LogP contribution is 2.24. The molecule has 6 nitrogen and oxygen atoms in total. The van der Waals surface area contributed by atoms with Crippen molar-refractivity contribution >= 4 is 11.8 Å². The highest BCUT2D eigenvalue weighted by Gasteiger charge is 2.19. The Morgan fingerprint density at radius 2 is 2.19 bits per heavy atom. The van der Waals surface area contributed by atoms with E-state index in [1.807, 2.05) is 0 Å². The summed E-state index contributed by atoms with van der Waals surface area (Å²) < 4.78 is 4.99. The topological polar surface area (TPSA) is 81.5 Å². The van der Waals surface area contributed by atoms with Gasteiger partial charge in [0.1, 0.15) is 0 Å². The lowest BCUT2D eigenvalue weighted by molar-refractivity contribution is -0.385. The molecule has 6 heteroatoms. The number of nitrogens with one attached hydrogen (secondary N) is 1. The molecule has 0 saturated carbocycles. The minimum absolute atomic E-state index is 0.0284. The van der Waals surface area contributed by atoms with E-state index in [0.29, 0.717) is 18.4 Å². The predicted octanol–water partition coefficient (Wildman–Crippen LogP) is 3.19. The van der Waals surface area contributed by atoms with E-state index in [0.717, 1.165) is 6.42 Å². The molecule has 1 aromatic carbocycles. The Hall–Kier alpha value is -2.55. The number of carbonyl (C=O) groups is 1. The van der Waals surface area contributed by atoms with E-state index in [1.54, 1.807) is 25.1 Å². The van der Waals surface area contributed by atoms with Crippen LogP contribution in [0.5, 0.6) is 0 Å². The van der Waals surface area contributed by atoms with Gasteiger partial charge in [-0.2, -0.15) is 0 Å². The van der Waals surface area contributed by atoms with Gasteiger partial charge in [0, 0.05) is 12.5 Å². The highest BCUT2D eigenvalue weighted by molar-refractivity contribution is 5.68. The van der Waals surface area contributed by atoms with Gasteiger partial charge in [-0.25, -0.2) is 4.79 Å². The Morgan fingerprint density at radius 3 is 2.86 bits per heavy atom. The van der Waals surface area contributed by atoms with Crippen LogP contribution in [0.3, 0.4) is 0 Å². The quantitative estimate of drug-likeness (QED) is 0.362. The predicted molar refractivity (Wildman–Crippen MR) is 78.7 cm³/mol. The summed E-state index contributed by atoms with van der Waals surface area (Å²) in [6.07, 6.45) is 6.66. The number of para-hydroxylation sites is 1. The summed E-state index contributed by atoms with van der Waals surface area (Å²) in [5.74, 6) is 2.51. The molecule has 1 atom stereocenters.